The largest absolute Gasteiger partial charge is 0.387 e. The van der Waals surface area contributed by atoms with Gasteiger partial charge in [0, 0.05) is 17.8 Å². The standard InChI is InChI=1S/C4H5N3O3S2/c1-12(9,10)4(8)2-3(5)11-7-6-2/h5H2,1H3. The quantitative estimate of drug-likeness (QED) is 0.653. The lowest BCUT2D eigenvalue weighted by Gasteiger charge is -1.91. The van der Waals surface area contributed by atoms with Gasteiger partial charge in [-0.05, 0) is 0 Å². The van der Waals surface area contributed by atoms with E-state index in [2.05, 4.69) is 9.59 Å². The van der Waals surface area contributed by atoms with Crippen LogP contribution < -0.4 is 5.73 Å². The molecule has 0 spiro atoms. The second-order valence-electron chi connectivity index (χ2n) is 2.05. The number of carbonyl (C=O) groups is 1. The number of anilines is 1. The third-order valence-electron chi connectivity index (χ3n) is 1.04. The Hall–Kier alpha value is -1.02. The first-order valence-electron chi connectivity index (χ1n) is 2.75. The van der Waals surface area contributed by atoms with Crippen molar-refractivity contribution in [2.45, 2.75) is 0 Å². The highest BCUT2D eigenvalue weighted by atomic mass is 32.2. The van der Waals surface area contributed by atoms with Gasteiger partial charge in [0.25, 0.3) is 5.12 Å². The third-order valence-corrected chi connectivity index (χ3v) is 2.46. The van der Waals surface area contributed by atoms with Gasteiger partial charge in [-0.15, -0.1) is 5.10 Å². The van der Waals surface area contributed by atoms with Crippen LogP contribution in [-0.2, 0) is 9.84 Å². The molecule has 0 atom stereocenters. The lowest BCUT2D eigenvalue weighted by molar-refractivity contribution is 0.107. The highest BCUT2D eigenvalue weighted by Crippen LogP contribution is 2.14. The van der Waals surface area contributed by atoms with Crippen LogP contribution in [0.4, 0.5) is 5.00 Å². The van der Waals surface area contributed by atoms with Crippen molar-refractivity contribution >= 4 is 31.5 Å². The molecule has 0 saturated heterocycles. The van der Waals surface area contributed by atoms with E-state index in [-0.39, 0.29) is 10.7 Å². The van der Waals surface area contributed by atoms with Crippen LogP contribution in [0.5, 0.6) is 0 Å². The summed E-state index contributed by atoms with van der Waals surface area (Å²) in [6, 6.07) is 0. The molecular formula is C4H5N3O3S2. The summed E-state index contributed by atoms with van der Waals surface area (Å²) in [7, 11) is -3.76. The van der Waals surface area contributed by atoms with Gasteiger partial charge in [-0.1, -0.05) is 4.49 Å². The molecule has 0 radical (unpaired) electrons. The van der Waals surface area contributed by atoms with Crippen molar-refractivity contribution in [3.8, 4) is 0 Å². The van der Waals surface area contributed by atoms with Crippen LogP contribution in [0, 0.1) is 0 Å². The number of hydrogen-bond acceptors (Lipinski definition) is 7. The molecular weight excluding hydrogens is 202 g/mol. The number of carbonyl (C=O) groups excluding carboxylic acids is 1. The van der Waals surface area contributed by atoms with E-state index in [0.29, 0.717) is 0 Å². The molecule has 1 heterocycles. The minimum Gasteiger partial charge on any atom is -0.387 e. The van der Waals surface area contributed by atoms with Crippen LogP contribution in [0.2, 0.25) is 0 Å². The molecule has 6 nitrogen and oxygen atoms in total. The van der Waals surface area contributed by atoms with Gasteiger partial charge in [-0.3, -0.25) is 4.79 Å². The Kier molecular flexibility index (Phi) is 2.11. The Bertz CT molecular complexity index is 407. The summed E-state index contributed by atoms with van der Waals surface area (Å²) in [6.45, 7) is 0. The van der Waals surface area contributed by atoms with Crippen molar-refractivity contribution in [1.82, 2.24) is 9.59 Å². The maximum absolute atomic E-state index is 11.0. The number of nitrogens with zero attached hydrogens (tertiary/aromatic N) is 2. The Morgan fingerprint density at radius 1 is 1.58 bits per heavy atom. The number of nitrogens with two attached hydrogens (primary N) is 1. The van der Waals surface area contributed by atoms with Crippen molar-refractivity contribution in [2.75, 3.05) is 12.0 Å². The Morgan fingerprint density at radius 3 is 2.50 bits per heavy atom. The van der Waals surface area contributed by atoms with E-state index in [1.54, 1.807) is 0 Å². The monoisotopic (exact) mass is 207 g/mol. The maximum Gasteiger partial charge on any atom is 0.299 e. The molecule has 0 bridgehead atoms. The second-order valence-corrected chi connectivity index (χ2v) is 4.75. The van der Waals surface area contributed by atoms with E-state index in [9.17, 15) is 13.2 Å². The van der Waals surface area contributed by atoms with Gasteiger partial charge in [0.2, 0.25) is 9.84 Å². The highest BCUT2D eigenvalue weighted by Gasteiger charge is 2.23. The van der Waals surface area contributed by atoms with E-state index in [1.807, 2.05) is 0 Å². The molecule has 1 aromatic rings. The van der Waals surface area contributed by atoms with Crippen LogP contribution in [-0.4, -0.2) is 29.4 Å². The minimum atomic E-state index is -3.76. The van der Waals surface area contributed by atoms with Crippen molar-refractivity contribution in [2.24, 2.45) is 0 Å². The average molecular weight is 207 g/mol. The molecule has 0 fully saturated rings. The smallest absolute Gasteiger partial charge is 0.299 e. The summed E-state index contributed by atoms with van der Waals surface area (Å²) in [5, 5.41) is 2.23. The van der Waals surface area contributed by atoms with Crippen LogP contribution in [0.15, 0.2) is 0 Å². The summed E-state index contributed by atoms with van der Waals surface area (Å²) in [5.74, 6) is 0. The van der Waals surface area contributed by atoms with Crippen LogP contribution in [0.3, 0.4) is 0 Å². The number of nitrogen functional groups attached to an aromatic ring is 1. The molecule has 0 aromatic carbocycles. The molecule has 0 unspecified atom stereocenters. The molecule has 0 aliphatic heterocycles. The predicted octanol–water partition coefficient (Wildman–Crippen LogP) is -0.695. The van der Waals surface area contributed by atoms with Crippen LogP contribution >= 0.6 is 11.5 Å². The van der Waals surface area contributed by atoms with Crippen molar-refractivity contribution < 1.29 is 13.2 Å². The van der Waals surface area contributed by atoms with Gasteiger partial charge in [0.1, 0.15) is 5.00 Å². The molecule has 8 heteroatoms. The Morgan fingerprint density at radius 2 is 2.17 bits per heavy atom. The molecule has 66 valence electrons. The average Bonchev–Trinajstić information content (AvgIpc) is 2.31. The summed E-state index contributed by atoms with van der Waals surface area (Å²) in [4.78, 5) is 11.0. The fourth-order valence-electron chi connectivity index (χ4n) is 0.515. The predicted molar refractivity (Wildman–Crippen MR) is 43.5 cm³/mol. The van der Waals surface area contributed by atoms with Crippen molar-refractivity contribution in [3.63, 3.8) is 0 Å². The topological polar surface area (TPSA) is 103 Å². The number of hydrogen-bond donors (Lipinski definition) is 1. The molecule has 1 aromatic heterocycles. The molecule has 12 heavy (non-hydrogen) atoms. The van der Waals surface area contributed by atoms with E-state index < -0.39 is 15.0 Å². The van der Waals surface area contributed by atoms with Crippen LogP contribution in [0.25, 0.3) is 0 Å². The molecule has 0 aliphatic carbocycles. The molecule has 2 N–H and O–H groups in total. The van der Waals surface area contributed by atoms with Gasteiger partial charge in [-0.25, -0.2) is 8.42 Å². The maximum atomic E-state index is 11.0. The van der Waals surface area contributed by atoms with E-state index in [0.717, 1.165) is 17.8 Å². The molecule has 0 amide bonds. The Balaban J connectivity index is 3.19. The fraction of sp³-hybridized carbons (Fsp3) is 0.250. The summed E-state index contributed by atoms with van der Waals surface area (Å²) in [6.07, 6.45) is 0.800. The van der Waals surface area contributed by atoms with Crippen LogP contribution in [0.1, 0.15) is 10.5 Å². The fourth-order valence-corrected chi connectivity index (χ4v) is 1.51. The lowest BCUT2D eigenvalue weighted by atomic mass is 10.5. The Labute approximate surface area is 72.5 Å². The number of aromatic nitrogens is 2. The summed E-state index contributed by atoms with van der Waals surface area (Å²) >= 11 is 0.780. The second kappa shape index (κ2) is 2.79. The van der Waals surface area contributed by atoms with Gasteiger partial charge in [0.15, 0.2) is 5.69 Å². The van der Waals surface area contributed by atoms with Crippen molar-refractivity contribution in [1.29, 1.82) is 0 Å². The zero-order valence-corrected chi connectivity index (χ0v) is 7.65. The molecule has 1 rings (SSSR count). The lowest BCUT2D eigenvalue weighted by Crippen LogP contribution is -2.14. The highest BCUT2D eigenvalue weighted by molar-refractivity contribution is 8.06. The number of sulfone groups is 1. The first-order valence-corrected chi connectivity index (χ1v) is 5.41. The summed E-state index contributed by atoms with van der Waals surface area (Å²) in [5.41, 5.74) is 4.96. The first kappa shape index (κ1) is 9.07. The number of rotatable bonds is 1. The summed E-state index contributed by atoms with van der Waals surface area (Å²) < 4.78 is 24.8. The van der Waals surface area contributed by atoms with Gasteiger partial charge < -0.3 is 5.73 Å². The SMILES string of the molecule is CS(=O)(=O)C(=O)c1nnsc1N. The third kappa shape index (κ3) is 1.59. The van der Waals surface area contributed by atoms with Gasteiger partial charge in [-0.2, -0.15) is 0 Å². The van der Waals surface area contributed by atoms with E-state index in [4.69, 9.17) is 5.73 Å². The van der Waals surface area contributed by atoms with Gasteiger partial charge >= 0.3 is 0 Å². The first-order chi connectivity index (χ1) is 5.43. The normalized spacial score (nSPS) is 11.4. The minimum absolute atomic E-state index is 0.0189. The zero-order valence-electron chi connectivity index (χ0n) is 6.01. The zero-order chi connectivity index (χ0) is 9.35. The van der Waals surface area contributed by atoms with E-state index in [1.165, 1.54) is 0 Å². The molecule has 0 aliphatic rings. The van der Waals surface area contributed by atoms with Gasteiger partial charge in [0.05, 0.1) is 0 Å². The van der Waals surface area contributed by atoms with E-state index >= 15 is 0 Å². The molecule has 0 saturated carbocycles. The van der Waals surface area contributed by atoms with Crippen molar-refractivity contribution in [3.05, 3.63) is 5.69 Å².